The molecular weight excluding hydrogens is 308 g/mol. The number of H-pyrrole nitrogens is 1. The first-order valence-electron chi connectivity index (χ1n) is 7.23. The van der Waals surface area contributed by atoms with Crippen LogP contribution in [0.2, 0.25) is 0 Å². The monoisotopic (exact) mass is 320 g/mol. The topological polar surface area (TPSA) is 101 Å². The Labute approximate surface area is 135 Å². The van der Waals surface area contributed by atoms with Crippen LogP contribution in [-0.2, 0) is 6.61 Å². The first kappa shape index (κ1) is 14.1. The summed E-state index contributed by atoms with van der Waals surface area (Å²) < 4.78 is 5.75. The summed E-state index contributed by atoms with van der Waals surface area (Å²) >= 11 is 0. The molecule has 0 saturated carbocycles. The van der Waals surface area contributed by atoms with Crippen LogP contribution in [-0.4, -0.2) is 31.2 Å². The van der Waals surface area contributed by atoms with Crippen LogP contribution in [0.3, 0.4) is 0 Å². The van der Waals surface area contributed by atoms with Gasteiger partial charge in [-0.15, -0.1) is 0 Å². The van der Waals surface area contributed by atoms with Crippen molar-refractivity contribution in [2.75, 3.05) is 0 Å². The smallest absolute Gasteiger partial charge is 0.354 e. The zero-order valence-electron chi connectivity index (χ0n) is 12.4. The number of hydrogen-bond donors (Lipinski definition) is 2. The lowest BCUT2D eigenvalue weighted by Crippen LogP contribution is -1.97. The Morgan fingerprint density at radius 1 is 1.12 bits per heavy atom. The van der Waals surface area contributed by atoms with E-state index in [1.807, 2.05) is 24.3 Å². The van der Waals surface area contributed by atoms with Gasteiger partial charge in [-0.2, -0.15) is 5.10 Å². The number of carboxylic acids is 1. The fourth-order valence-electron chi connectivity index (χ4n) is 2.61. The second-order valence-corrected chi connectivity index (χ2v) is 5.28. The van der Waals surface area contributed by atoms with Crippen molar-refractivity contribution in [1.82, 2.24) is 20.2 Å². The number of fused-ring (bicyclic) bond motifs is 3. The predicted octanol–water partition coefficient (Wildman–Crippen LogP) is 2.78. The molecule has 2 heterocycles. The summed E-state index contributed by atoms with van der Waals surface area (Å²) in [5.74, 6) is -0.318. The van der Waals surface area contributed by atoms with Gasteiger partial charge in [-0.3, -0.25) is 5.10 Å². The van der Waals surface area contributed by atoms with Crippen LogP contribution in [0.1, 0.15) is 16.1 Å². The highest BCUT2D eigenvalue weighted by Crippen LogP contribution is 2.29. The maximum atomic E-state index is 11.2. The maximum Gasteiger partial charge on any atom is 0.354 e. The quantitative estimate of drug-likeness (QED) is 0.599. The molecule has 4 aromatic rings. The Bertz CT molecular complexity index is 1040. The molecule has 2 N–H and O–H groups in total. The van der Waals surface area contributed by atoms with Gasteiger partial charge in [0.2, 0.25) is 0 Å². The summed E-state index contributed by atoms with van der Waals surface area (Å²) in [6.07, 6.45) is 4.88. The van der Waals surface area contributed by atoms with Crippen molar-refractivity contribution in [3.63, 3.8) is 0 Å². The molecule has 7 nitrogen and oxygen atoms in total. The zero-order chi connectivity index (χ0) is 16.5. The molecule has 0 unspecified atom stereocenters. The van der Waals surface area contributed by atoms with E-state index in [1.54, 1.807) is 18.5 Å². The number of nitrogens with zero attached hydrogens (tertiary/aromatic N) is 3. The van der Waals surface area contributed by atoms with Crippen molar-refractivity contribution in [3.8, 4) is 5.75 Å². The highest BCUT2D eigenvalue weighted by atomic mass is 16.5. The van der Waals surface area contributed by atoms with Crippen molar-refractivity contribution in [2.24, 2.45) is 0 Å². The van der Waals surface area contributed by atoms with Crippen LogP contribution in [0, 0.1) is 0 Å². The van der Waals surface area contributed by atoms with Gasteiger partial charge in [0.1, 0.15) is 24.2 Å². The second kappa shape index (κ2) is 5.62. The van der Waals surface area contributed by atoms with E-state index < -0.39 is 5.97 Å². The molecule has 0 radical (unpaired) electrons. The number of aromatic amines is 1. The van der Waals surface area contributed by atoms with E-state index in [2.05, 4.69) is 20.2 Å². The number of rotatable bonds is 4. The van der Waals surface area contributed by atoms with Crippen molar-refractivity contribution in [3.05, 3.63) is 60.3 Å². The van der Waals surface area contributed by atoms with E-state index in [-0.39, 0.29) is 5.69 Å². The Kier molecular flexibility index (Phi) is 3.31. The molecule has 0 aliphatic rings. The molecule has 7 heteroatoms. The first-order valence-corrected chi connectivity index (χ1v) is 7.23. The number of benzene rings is 2. The Balaban J connectivity index is 1.68. The van der Waals surface area contributed by atoms with Gasteiger partial charge in [-0.1, -0.05) is 6.07 Å². The van der Waals surface area contributed by atoms with Gasteiger partial charge in [0.05, 0.1) is 0 Å². The summed E-state index contributed by atoms with van der Waals surface area (Å²) in [6.45, 7) is 0.375. The molecular formula is C17H12N4O3. The van der Waals surface area contributed by atoms with Crippen molar-refractivity contribution < 1.29 is 14.6 Å². The third-order valence-corrected chi connectivity index (χ3v) is 3.75. The van der Waals surface area contributed by atoms with Crippen LogP contribution in [0.5, 0.6) is 5.75 Å². The van der Waals surface area contributed by atoms with Gasteiger partial charge in [0.25, 0.3) is 0 Å². The minimum atomic E-state index is -1.03. The van der Waals surface area contributed by atoms with Gasteiger partial charge >= 0.3 is 5.97 Å². The summed E-state index contributed by atoms with van der Waals surface area (Å²) in [4.78, 5) is 19.1. The molecule has 4 rings (SSSR count). The van der Waals surface area contributed by atoms with Crippen molar-refractivity contribution in [1.29, 1.82) is 0 Å². The molecule has 2 aromatic heterocycles. The van der Waals surface area contributed by atoms with E-state index in [4.69, 9.17) is 9.84 Å². The SMILES string of the molecule is O=C(O)c1[nH]nc2c1ccc1cc(OCc3cncnc3)ccc12. The minimum absolute atomic E-state index is 0.0938. The van der Waals surface area contributed by atoms with Crippen LogP contribution in [0.25, 0.3) is 21.7 Å². The molecule has 0 aliphatic carbocycles. The fourth-order valence-corrected chi connectivity index (χ4v) is 2.61. The number of aromatic carboxylic acids is 1. The van der Waals surface area contributed by atoms with Crippen molar-refractivity contribution in [2.45, 2.75) is 6.61 Å². The van der Waals surface area contributed by atoms with E-state index in [0.717, 1.165) is 16.3 Å². The molecule has 0 aliphatic heterocycles. The number of ether oxygens (including phenoxy) is 1. The van der Waals surface area contributed by atoms with Gasteiger partial charge in [0, 0.05) is 28.7 Å². The zero-order valence-corrected chi connectivity index (χ0v) is 12.4. The highest BCUT2D eigenvalue weighted by Gasteiger charge is 2.14. The van der Waals surface area contributed by atoms with E-state index in [0.29, 0.717) is 23.3 Å². The van der Waals surface area contributed by atoms with Gasteiger partial charge < -0.3 is 9.84 Å². The number of nitrogens with one attached hydrogen (secondary N) is 1. The van der Waals surface area contributed by atoms with E-state index in [1.165, 1.54) is 6.33 Å². The normalized spacial score (nSPS) is 11.0. The summed E-state index contributed by atoms with van der Waals surface area (Å²) in [6, 6.07) is 9.22. The van der Waals surface area contributed by atoms with Crippen LogP contribution in [0.15, 0.2) is 49.1 Å². The molecule has 0 atom stereocenters. The van der Waals surface area contributed by atoms with Crippen LogP contribution >= 0.6 is 0 Å². The molecule has 118 valence electrons. The van der Waals surface area contributed by atoms with Crippen molar-refractivity contribution >= 4 is 27.6 Å². The average molecular weight is 320 g/mol. The largest absolute Gasteiger partial charge is 0.489 e. The summed E-state index contributed by atoms with van der Waals surface area (Å²) in [5, 5.41) is 18.2. The molecule has 0 amide bonds. The van der Waals surface area contributed by atoms with Gasteiger partial charge in [-0.05, 0) is 29.7 Å². The van der Waals surface area contributed by atoms with E-state index in [9.17, 15) is 4.79 Å². The maximum absolute atomic E-state index is 11.2. The van der Waals surface area contributed by atoms with Crippen LogP contribution < -0.4 is 4.74 Å². The lowest BCUT2D eigenvalue weighted by Gasteiger charge is -2.07. The second-order valence-electron chi connectivity index (χ2n) is 5.28. The van der Waals surface area contributed by atoms with E-state index >= 15 is 0 Å². The molecule has 0 bridgehead atoms. The minimum Gasteiger partial charge on any atom is -0.489 e. The number of aromatic nitrogens is 4. The van der Waals surface area contributed by atoms with Gasteiger partial charge in [-0.25, -0.2) is 14.8 Å². The lowest BCUT2D eigenvalue weighted by atomic mass is 10.1. The number of carboxylic acid groups (broad SMARTS) is 1. The molecule has 24 heavy (non-hydrogen) atoms. The fraction of sp³-hybridized carbons (Fsp3) is 0.0588. The van der Waals surface area contributed by atoms with Crippen LogP contribution in [0.4, 0.5) is 0 Å². The highest BCUT2D eigenvalue weighted by molar-refractivity contribution is 6.11. The van der Waals surface area contributed by atoms with Gasteiger partial charge in [0.15, 0.2) is 5.69 Å². The summed E-state index contributed by atoms with van der Waals surface area (Å²) in [5.41, 5.74) is 1.61. The first-order chi connectivity index (χ1) is 11.7. The number of hydrogen-bond acceptors (Lipinski definition) is 5. The molecule has 2 aromatic carbocycles. The third kappa shape index (κ3) is 2.41. The Morgan fingerprint density at radius 3 is 2.71 bits per heavy atom. The molecule has 0 saturated heterocycles. The third-order valence-electron chi connectivity index (χ3n) is 3.75. The summed E-state index contributed by atoms with van der Waals surface area (Å²) in [7, 11) is 0. The standard InChI is InChI=1S/C17H12N4O3/c22-17(23)16-14-3-1-11-5-12(2-4-13(11)15(14)20-21-16)24-8-10-6-18-9-19-7-10/h1-7,9H,8H2,(H,20,21)(H,22,23). The average Bonchev–Trinajstić information content (AvgIpc) is 3.05. The lowest BCUT2D eigenvalue weighted by molar-refractivity contribution is 0.0692. The Morgan fingerprint density at radius 2 is 1.92 bits per heavy atom. The molecule has 0 spiro atoms. The number of carbonyl (C=O) groups is 1. The molecule has 0 fully saturated rings. The predicted molar refractivity (Wildman–Crippen MR) is 86.9 cm³/mol. The Hall–Kier alpha value is -3.48.